The summed E-state index contributed by atoms with van der Waals surface area (Å²) in [6, 6.07) is 25.2. The van der Waals surface area contributed by atoms with Gasteiger partial charge in [-0.1, -0.05) is 30.3 Å². The molecule has 0 atom stereocenters. The second-order valence-electron chi connectivity index (χ2n) is 7.03. The minimum Gasteiger partial charge on any atom is -0.497 e. The number of aromatic nitrogens is 2. The monoisotopic (exact) mass is 440 g/mol. The summed E-state index contributed by atoms with van der Waals surface area (Å²) in [6.07, 6.45) is 1.66. The molecule has 0 bridgehead atoms. The first kappa shape index (κ1) is 21.8. The molecule has 33 heavy (non-hydrogen) atoms. The van der Waals surface area contributed by atoms with Gasteiger partial charge in [0.1, 0.15) is 17.2 Å². The van der Waals surface area contributed by atoms with Crippen LogP contribution in [0.2, 0.25) is 0 Å². The minimum atomic E-state index is 0.380. The molecular formula is C26H24N4O3. The number of ether oxygens (including phenoxy) is 3. The molecule has 7 heteroatoms. The number of rotatable bonds is 8. The van der Waals surface area contributed by atoms with Gasteiger partial charge in [-0.3, -0.25) is 0 Å². The van der Waals surface area contributed by atoms with Crippen LogP contribution < -0.4 is 19.6 Å². The van der Waals surface area contributed by atoms with Crippen molar-refractivity contribution in [1.82, 2.24) is 9.97 Å². The molecule has 0 amide bonds. The standard InChI is InChI=1S/C26H24N4O3/c1-31-21-12-9-19(10-13-21)24-16-23(18-7-5-4-6-8-18)28-26(29-24)30-27-17-20-11-14-22(32-2)15-25(20)33-3/h4-17H,1-3H3,(H,28,29,30). The van der Waals surface area contributed by atoms with Crippen LogP contribution in [0, 0.1) is 0 Å². The predicted octanol–water partition coefficient (Wildman–Crippen LogP) is 5.28. The number of hydrazone groups is 1. The fourth-order valence-electron chi connectivity index (χ4n) is 3.25. The first-order chi connectivity index (χ1) is 16.2. The summed E-state index contributed by atoms with van der Waals surface area (Å²) in [7, 11) is 4.86. The van der Waals surface area contributed by atoms with E-state index in [9.17, 15) is 0 Å². The molecule has 3 aromatic carbocycles. The molecule has 4 aromatic rings. The number of methoxy groups -OCH3 is 3. The molecule has 1 heterocycles. The third-order valence-corrected chi connectivity index (χ3v) is 4.99. The largest absolute Gasteiger partial charge is 0.497 e. The smallest absolute Gasteiger partial charge is 0.244 e. The molecule has 0 aliphatic heterocycles. The van der Waals surface area contributed by atoms with Crippen LogP contribution in [0.3, 0.4) is 0 Å². The van der Waals surface area contributed by atoms with E-state index in [1.165, 1.54) is 0 Å². The molecule has 0 aliphatic rings. The van der Waals surface area contributed by atoms with E-state index in [2.05, 4.69) is 20.5 Å². The first-order valence-corrected chi connectivity index (χ1v) is 10.3. The highest BCUT2D eigenvalue weighted by molar-refractivity contribution is 5.84. The maximum Gasteiger partial charge on any atom is 0.244 e. The van der Waals surface area contributed by atoms with Crippen LogP contribution >= 0.6 is 0 Å². The van der Waals surface area contributed by atoms with Gasteiger partial charge in [-0.25, -0.2) is 15.4 Å². The van der Waals surface area contributed by atoms with Crippen molar-refractivity contribution in [3.63, 3.8) is 0 Å². The SMILES string of the molecule is COc1ccc(-c2cc(-c3ccccc3)nc(NN=Cc3ccc(OC)cc3OC)n2)cc1. The molecule has 166 valence electrons. The fraction of sp³-hybridized carbons (Fsp3) is 0.115. The number of nitrogens with zero attached hydrogens (tertiary/aromatic N) is 3. The van der Waals surface area contributed by atoms with E-state index in [4.69, 9.17) is 14.2 Å². The van der Waals surface area contributed by atoms with E-state index in [1.807, 2.05) is 72.8 Å². The van der Waals surface area contributed by atoms with Crippen LogP contribution in [-0.4, -0.2) is 37.5 Å². The highest BCUT2D eigenvalue weighted by Gasteiger charge is 2.09. The van der Waals surface area contributed by atoms with Gasteiger partial charge in [0.05, 0.1) is 38.9 Å². The lowest BCUT2D eigenvalue weighted by atomic mass is 10.1. The van der Waals surface area contributed by atoms with Crippen LogP contribution in [0.1, 0.15) is 5.56 Å². The van der Waals surface area contributed by atoms with E-state index in [-0.39, 0.29) is 0 Å². The maximum atomic E-state index is 5.42. The number of anilines is 1. The number of hydrogen-bond acceptors (Lipinski definition) is 7. The molecule has 0 spiro atoms. The third-order valence-electron chi connectivity index (χ3n) is 4.99. The zero-order valence-electron chi connectivity index (χ0n) is 18.6. The summed E-state index contributed by atoms with van der Waals surface area (Å²) in [5.74, 6) is 2.52. The van der Waals surface area contributed by atoms with E-state index in [1.54, 1.807) is 33.6 Å². The lowest BCUT2D eigenvalue weighted by Gasteiger charge is -2.09. The summed E-state index contributed by atoms with van der Waals surface area (Å²) in [5.41, 5.74) is 7.23. The minimum absolute atomic E-state index is 0.380. The molecule has 1 aromatic heterocycles. The number of benzene rings is 3. The molecule has 0 aliphatic carbocycles. The van der Waals surface area contributed by atoms with Crippen molar-refractivity contribution in [3.05, 3.63) is 84.4 Å². The molecule has 0 radical (unpaired) electrons. The molecular weight excluding hydrogens is 416 g/mol. The van der Waals surface area contributed by atoms with Crippen molar-refractivity contribution < 1.29 is 14.2 Å². The summed E-state index contributed by atoms with van der Waals surface area (Å²) >= 11 is 0. The van der Waals surface area contributed by atoms with Gasteiger partial charge < -0.3 is 14.2 Å². The van der Waals surface area contributed by atoms with Crippen molar-refractivity contribution >= 4 is 12.2 Å². The molecule has 4 rings (SSSR count). The quantitative estimate of drug-likeness (QED) is 0.297. The average molecular weight is 441 g/mol. The van der Waals surface area contributed by atoms with Crippen LogP contribution in [0.25, 0.3) is 22.5 Å². The molecule has 0 fully saturated rings. The van der Waals surface area contributed by atoms with E-state index < -0.39 is 0 Å². The second-order valence-corrected chi connectivity index (χ2v) is 7.03. The summed E-state index contributed by atoms with van der Waals surface area (Å²) < 4.78 is 15.9. The lowest BCUT2D eigenvalue weighted by Crippen LogP contribution is -2.01. The van der Waals surface area contributed by atoms with Crippen molar-refractivity contribution in [3.8, 4) is 39.8 Å². The molecule has 0 saturated heterocycles. The molecule has 0 unspecified atom stereocenters. The van der Waals surface area contributed by atoms with Crippen LogP contribution in [0.4, 0.5) is 5.95 Å². The van der Waals surface area contributed by atoms with Gasteiger partial charge in [0.2, 0.25) is 5.95 Å². The van der Waals surface area contributed by atoms with Crippen LogP contribution in [0.5, 0.6) is 17.2 Å². The molecule has 1 N–H and O–H groups in total. The predicted molar refractivity (Wildman–Crippen MR) is 130 cm³/mol. The Morgan fingerprint density at radius 1 is 0.697 bits per heavy atom. The Morgan fingerprint density at radius 3 is 1.97 bits per heavy atom. The topological polar surface area (TPSA) is 77.9 Å². The average Bonchev–Trinajstić information content (AvgIpc) is 2.89. The Hall–Kier alpha value is -4.39. The second kappa shape index (κ2) is 10.3. The Morgan fingerprint density at radius 2 is 1.33 bits per heavy atom. The number of hydrogen-bond donors (Lipinski definition) is 1. The Balaban J connectivity index is 1.66. The van der Waals surface area contributed by atoms with Crippen LogP contribution in [0.15, 0.2) is 84.0 Å². The summed E-state index contributed by atoms with van der Waals surface area (Å²) in [6.45, 7) is 0. The van der Waals surface area contributed by atoms with Gasteiger partial charge >= 0.3 is 0 Å². The van der Waals surface area contributed by atoms with Gasteiger partial charge in [-0.2, -0.15) is 5.10 Å². The highest BCUT2D eigenvalue weighted by atomic mass is 16.5. The Bertz CT molecular complexity index is 1240. The normalized spacial score (nSPS) is 10.8. The van der Waals surface area contributed by atoms with Gasteiger partial charge in [-0.15, -0.1) is 0 Å². The highest BCUT2D eigenvalue weighted by Crippen LogP contribution is 2.27. The molecule has 0 saturated carbocycles. The van der Waals surface area contributed by atoms with Crippen molar-refractivity contribution in [2.24, 2.45) is 5.10 Å². The van der Waals surface area contributed by atoms with E-state index in [0.29, 0.717) is 17.4 Å². The van der Waals surface area contributed by atoms with Crippen molar-refractivity contribution in [1.29, 1.82) is 0 Å². The third kappa shape index (κ3) is 5.27. The van der Waals surface area contributed by atoms with Gasteiger partial charge in [0.25, 0.3) is 0 Å². The van der Waals surface area contributed by atoms with E-state index in [0.717, 1.165) is 33.8 Å². The fourth-order valence-corrected chi connectivity index (χ4v) is 3.25. The van der Waals surface area contributed by atoms with Crippen molar-refractivity contribution in [2.75, 3.05) is 26.8 Å². The Labute approximate surface area is 192 Å². The summed E-state index contributed by atoms with van der Waals surface area (Å²) in [5, 5.41) is 4.33. The molecule has 7 nitrogen and oxygen atoms in total. The first-order valence-electron chi connectivity index (χ1n) is 10.3. The van der Waals surface area contributed by atoms with Gasteiger partial charge in [-0.05, 0) is 42.5 Å². The van der Waals surface area contributed by atoms with E-state index >= 15 is 0 Å². The number of nitrogens with one attached hydrogen (secondary N) is 1. The zero-order valence-corrected chi connectivity index (χ0v) is 18.6. The van der Waals surface area contributed by atoms with Crippen LogP contribution in [-0.2, 0) is 0 Å². The summed E-state index contributed by atoms with van der Waals surface area (Å²) in [4.78, 5) is 9.31. The lowest BCUT2D eigenvalue weighted by molar-refractivity contribution is 0.394. The maximum absolute atomic E-state index is 5.42. The van der Waals surface area contributed by atoms with Gasteiger partial charge in [0, 0.05) is 22.8 Å². The van der Waals surface area contributed by atoms with Crippen molar-refractivity contribution in [2.45, 2.75) is 0 Å². The zero-order chi connectivity index (χ0) is 23.0. The van der Waals surface area contributed by atoms with Gasteiger partial charge in [0.15, 0.2) is 0 Å². The Kier molecular flexibility index (Phi) is 6.80.